The van der Waals surface area contributed by atoms with Crippen molar-refractivity contribution in [2.45, 2.75) is 13.0 Å². The standard InChI is InChI=1S/C9H9ClN2O2/c1-6(5-11)12(2)9(13)7-3-4-8(10)14-7/h3-4,6H,1-2H3. The molecule has 0 aliphatic heterocycles. The van der Waals surface area contributed by atoms with Crippen LogP contribution >= 0.6 is 11.6 Å². The molecule has 0 aliphatic carbocycles. The molecule has 1 heterocycles. The molecule has 5 heteroatoms. The normalized spacial score (nSPS) is 11.9. The summed E-state index contributed by atoms with van der Waals surface area (Å²) in [4.78, 5) is 12.9. The number of amides is 1. The third-order valence-corrected chi connectivity index (χ3v) is 2.08. The zero-order valence-electron chi connectivity index (χ0n) is 7.82. The molecule has 1 aromatic rings. The second-order valence-electron chi connectivity index (χ2n) is 2.82. The molecule has 0 saturated heterocycles. The van der Waals surface area contributed by atoms with Gasteiger partial charge in [0.2, 0.25) is 0 Å². The van der Waals surface area contributed by atoms with Gasteiger partial charge < -0.3 is 9.32 Å². The van der Waals surface area contributed by atoms with Gasteiger partial charge in [-0.25, -0.2) is 0 Å². The average molecular weight is 213 g/mol. The van der Waals surface area contributed by atoms with E-state index >= 15 is 0 Å². The van der Waals surface area contributed by atoms with E-state index in [0.29, 0.717) is 0 Å². The lowest BCUT2D eigenvalue weighted by Crippen LogP contribution is -2.33. The largest absolute Gasteiger partial charge is 0.440 e. The van der Waals surface area contributed by atoms with Crippen LogP contribution in [0.3, 0.4) is 0 Å². The number of hydrogen-bond donors (Lipinski definition) is 0. The first-order valence-corrected chi connectivity index (χ1v) is 4.36. The quantitative estimate of drug-likeness (QED) is 0.753. The molecular weight excluding hydrogens is 204 g/mol. The van der Waals surface area contributed by atoms with E-state index in [1.165, 1.54) is 24.1 Å². The molecule has 74 valence electrons. The predicted octanol–water partition coefficient (Wildman–Crippen LogP) is 1.92. The van der Waals surface area contributed by atoms with Gasteiger partial charge in [0.25, 0.3) is 5.91 Å². The first-order valence-electron chi connectivity index (χ1n) is 3.98. The molecule has 0 fully saturated rings. The molecule has 0 aliphatic rings. The lowest BCUT2D eigenvalue weighted by Gasteiger charge is -2.17. The van der Waals surface area contributed by atoms with Gasteiger partial charge in [-0.05, 0) is 30.7 Å². The molecule has 0 radical (unpaired) electrons. The number of nitrogens with zero attached hydrogens (tertiary/aromatic N) is 2. The molecule has 1 atom stereocenters. The lowest BCUT2D eigenvalue weighted by molar-refractivity contribution is 0.0741. The highest BCUT2D eigenvalue weighted by atomic mass is 35.5. The van der Waals surface area contributed by atoms with E-state index in [1.54, 1.807) is 6.92 Å². The number of hydrogen-bond acceptors (Lipinski definition) is 3. The Kier molecular flexibility index (Phi) is 3.15. The highest BCUT2D eigenvalue weighted by molar-refractivity contribution is 6.29. The highest BCUT2D eigenvalue weighted by Crippen LogP contribution is 2.15. The van der Waals surface area contributed by atoms with Gasteiger partial charge >= 0.3 is 0 Å². The molecule has 1 amide bonds. The van der Waals surface area contributed by atoms with Crippen molar-refractivity contribution in [2.24, 2.45) is 0 Å². The van der Waals surface area contributed by atoms with Crippen LogP contribution in [0.15, 0.2) is 16.5 Å². The Balaban J connectivity index is 2.81. The first kappa shape index (κ1) is 10.6. The maximum atomic E-state index is 11.6. The van der Waals surface area contributed by atoms with E-state index < -0.39 is 6.04 Å². The molecule has 1 aromatic heterocycles. The molecule has 4 nitrogen and oxygen atoms in total. The topological polar surface area (TPSA) is 57.2 Å². The summed E-state index contributed by atoms with van der Waals surface area (Å²) in [6.45, 7) is 1.63. The summed E-state index contributed by atoms with van der Waals surface area (Å²) in [5.74, 6) is -0.217. The van der Waals surface area contributed by atoms with Crippen LogP contribution in [0.5, 0.6) is 0 Å². The Hall–Kier alpha value is -1.47. The zero-order valence-corrected chi connectivity index (χ0v) is 8.58. The summed E-state index contributed by atoms with van der Waals surface area (Å²) >= 11 is 5.52. The third kappa shape index (κ3) is 2.06. The summed E-state index contributed by atoms with van der Waals surface area (Å²) in [5.41, 5.74) is 0. The van der Waals surface area contributed by atoms with Crippen LogP contribution in [0.1, 0.15) is 17.5 Å². The van der Waals surface area contributed by atoms with Gasteiger partial charge in [0.1, 0.15) is 6.04 Å². The Bertz CT molecular complexity index is 380. The summed E-state index contributed by atoms with van der Waals surface area (Å²) in [5, 5.41) is 8.76. The fourth-order valence-corrected chi connectivity index (χ4v) is 1.01. The number of halogens is 1. The second-order valence-corrected chi connectivity index (χ2v) is 3.20. The van der Waals surface area contributed by atoms with Crippen LogP contribution in [0.2, 0.25) is 5.22 Å². The van der Waals surface area contributed by atoms with Gasteiger partial charge in [-0.15, -0.1) is 0 Å². The molecule has 1 unspecified atom stereocenters. The smallest absolute Gasteiger partial charge is 0.290 e. The third-order valence-electron chi connectivity index (χ3n) is 1.87. The maximum absolute atomic E-state index is 11.6. The van der Waals surface area contributed by atoms with Crippen LogP contribution in [0.25, 0.3) is 0 Å². The van der Waals surface area contributed by atoms with E-state index in [0.717, 1.165) is 0 Å². The van der Waals surface area contributed by atoms with Crippen molar-refractivity contribution in [2.75, 3.05) is 7.05 Å². The number of furan rings is 1. The van der Waals surface area contributed by atoms with Crippen molar-refractivity contribution in [3.05, 3.63) is 23.1 Å². The summed E-state index contributed by atoms with van der Waals surface area (Å²) < 4.78 is 4.93. The fraction of sp³-hybridized carbons (Fsp3) is 0.333. The molecular formula is C9H9ClN2O2. The van der Waals surface area contributed by atoms with Crippen molar-refractivity contribution in [3.8, 4) is 6.07 Å². The Morgan fingerprint density at radius 3 is 2.79 bits per heavy atom. The highest BCUT2D eigenvalue weighted by Gasteiger charge is 2.19. The van der Waals surface area contributed by atoms with Gasteiger partial charge in [0.15, 0.2) is 11.0 Å². The number of carbonyl (C=O) groups excluding carboxylic acids is 1. The van der Waals surface area contributed by atoms with Crippen LogP contribution < -0.4 is 0 Å². The minimum Gasteiger partial charge on any atom is -0.440 e. The molecule has 0 saturated carbocycles. The monoisotopic (exact) mass is 212 g/mol. The Labute approximate surface area is 86.7 Å². The van der Waals surface area contributed by atoms with E-state index in [-0.39, 0.29) is 16.9 Å². The van der Waals surface area contributed by atoms with Gasteiger partial charge in [-0.1, -0.05) is 0 Å². The predicted molar refractivity (Wildman–Crippen MR) is 50.9 cm³/mol. The van der Waals surface area contributed by atoms with E-state index in [2.05, 4.69) is 0 Å². The molecule has 0 aromatic carbocycles. The fourth-order valence-electron chi connectivity index (χ4n) is 0.866. The summed E-state index contributed by atoms with van der Waals surface area (Å²) in [6.07, 6.45) is 0. The first-order chi connectivity index (χ1) is 6.56. The number of rotatable bonds is 2. The summed E-state index contributed by atoms with van der Waals surface area (Å²) in [6, 6.07) is 4.42. The van der Waals surface area contributed by atoms with Gasteiger partial charge in [-0.2, -0.15) is 5.26 Å². The van der Waals surface area contributed by atoms with Crippen LogP contribution in [0.4, 0.5) is 0 Å². The number of carbonyl (C=O) groups is 1. The minimum absolute atomic E-state index is 0.139. The van der Waals surface area contributed by atoms with Crippen molar-refractivity contribution in [1.82, 2.24) is 4.90 Å². The van der Waals surface area contributed by atoms with E-state index in [1.807, 2.05) is 6.07 Å². The molecule has 14 heavy (non-hydrogen) atoms. The molecule has 0 N–H and O–H groups in total. The zero-order chi connectivity index (χ0) is 10.7. The molecule has 1 rings (SSSR count). The van der Waals surface area contributed by atoms with Crippen molar-refractivity contribution in [1.29, 1.82) is 5.26 Å². The molecule has 0 bridgehead atoms. The van der Waals surface area contributed by atoms with Crippen LogP contribution in [-0.4, -0.2) is 23.9 Å². The number of nitriles is 1. The minimum atomic E-state index is -0.494. The van der Waals surface area contributed by atoms with Crippen LogP contribution in [-0.2, 0) is 0 Å². The van der Waals surface area contributed by atoms with Crippen molar-refractivity contribution < 1.29 is 9.21 Å². The van der Waals surface area contributed by atoms with Crippen molar-refractivity contribution >= 4 is 17.5 Å². The van der Waals surface area contributed by atoms with E-state index in [9.17, 15) is 4.79 Å². The van der Waals surface area contributed by atoms with Gasteiger partial charge in [-0.3, -0.25) is 4.79 Å². The van der Waals surface area contributed by atoms with Gasteiger partial charge in [0, 0.05) is 7.05 Å². The SMILES string of the molecule is CC(C#N)N(C)C(=O)c1ccc(Cl)o1. The Morgan fingerprint density at radius 1 is 1.71 bits per heavy atom. The van der Waals surface area contributed by atoms with Crippen molar-refractivity contribution in [3.63, 3.8) is 0 Å². The molecule has 0 spiro atoms. The van der Waals surface area contributed by atoms with Gasteiger partial charge in [0.05, 0.1) is 6.07 Å². The maximum Gasteiger partial charge on any atom is 0.290 e. The summed E-state index contributed by atoms with van der Waals surface area (Å²) in [7, 11) is 1.53. The average Bonchev–Trinajstić information content (AvgIpc) is 2.61. The van der Waals surface area contributed by atoms with Crippen LogP contribution in [0, 0.1) is 11.3 Å². The Morgan fingerprint density at radius 2 is 2.36 bits per heavy atom. The lowest BCUT2D eigenvalue weighted by atomic mass is 10.3. The second kappa shape index (κ2) is 4.16. The van der Waals surface area contributed by atoms with E-state index in [4.69, 9.17) is 21.3 Å².